The zero-order valence-corrected chi connectivity index (χ0v) is 14.1. The lowest BCUT2D eigenvalue weighted by Gasteiger charge is -2.10. The Morgan fingerprint density at radius 3 is 2.52 bits per heavy atom. The summed E-state index contributed by atoms with van der Waals surface area (Å²) in [5.74, 6) is 0.635. The first kappa shape index (κ1) is 16.4. The first-order chi connectivity index (χ1) is 13.0. The molecule has 2 aromatic heterocycles. The normalized spacial score (nSPS) is 10.8. The summed E-state index contributed by atoms with van der Waals surface area (Å²) in [4.78, 5) is 14.9. The van der Waals surface area contributed by atoms with Crippen molar-refractivity contribution in [1.82, 2.24) is 15.2 Å². The van der Waals surface area contributed by atoms with Crippen molar-refractivity contribution in [2.24, 2.45) is 0 Å². The number of nitrogens with two attached hydrogens (primary N) is 2. The number of aromatic nitrogens is 3. The fourth-order valence-electron chi connectivity index (χ4n) is 2.99. The number of H-pyrrole nitrogens is 1. The Morgan fingerprint density at radius 2 is 1.78 bits per heavy atom. The monoisotopic (exact) mass is 360 g/mol. The number of nitrogens with one attached hydrogen (secondary N) is 2. The Labute approximate surface area is 153 Å². The van der Waals surface area contributed by atoms with E-state index in [1.807, 2.05) is 36.4 Å². The lowest BCUT2D eigenvalue weighted by Crippen LogP contribution is -2.08. The summed E-state index contributed by atoms with van der Waals surface area (Å²) in [6.07, 6.45) is 0.378. The number of carbonyl (C=O) groups is 1. The highest BCUT2D eigenvalue weighted by Crippen LogP contribution is 2.35. The Bertz CT molecular complexity index is 1150. The van der Waals surface area contributed by atoms with Gasteiger partial charge >= 0.3 is 6.09 Å². The molecule has 0 saturated heterocycles. The first-order valence-corrected chi connectivity index (χ1v) is 8.11. The second-order valence-electron chi connectivity index (χ2n) is 6.04. The lowest BCUT2D eigenvalue weighted by molar-refractivity contribution is 0.209. The third kappa shape index (κ3) is 3.11. The number of anilines is 3. The Hall–Kier alpha value is -4.07. The third-order valence-electron chi connectivity index (χ3n) is 4.25. The number of nitrogens with zero attached hydrogens (tertiary/aromatic N) is 2. The summed E-state index contributed by atoms with van der Waals surface area (Å²) in [5.41, 5.74) is 16.8. The quantitative estimate of drug-likeness (QED) is 0.354. The van der Waals surface area contributed by atoms with Gasteiger partial charge in [-0.2, -0.15) is 5.10 Å². The molecule has 8 nitrogen and oxygen atoms in total. The van der Waals surface area contributed by atoms with Gasteiger partial charge in [-0.05, 0) is 53.1 Å². The molecule has 0 aliphatic rings. The van der Waals surface area contributed by atoms with E-state index in [2.05, 4.69) is 20.5 Å². The molecule has 0 spiro atoms. The van der Waals surface area contributed by atoms with Gasteiger partial charge in [0.15, 0.2) is 5.82 Å². The van der Waals surface area contributed by atoms with E-state index in [9.17, 15) is 4.79 Å². The predicted molar refractivity (Wildman–Crippen MR) is 105 cm³/mol. The number of hydrogen-bond acceptors (Lipinski definition) is 5. The van der Waals surface area contributed by atoms with Gasteiger partial charge in [0, 0.05) is 22.8 Å². The van der Waals surface area contributed by atoms with Gasteiger partial charge in [-0.15, -0.1) is 0 Å². The molecule has 0 fully saturated rings. The number of rotatable bonds is 3. The largest absolute Gasteiger partial charge is 0.465 e. The molecule has 0 radical (unpaired) electrons. The SMILES string of the molecule is Nc1ccc(-c2cc(-c3ccnc(NC(=O)O)c3)cc3c(N)n[nH]c23)cc1. The third-order valence-corrected chi connectivity index (χ3v) is 4.25. The molecule has 0 saturated carbocycles. The molecule has 0 aliphatic heterocycles. The van der Waals surface area contributed by atoms with Crippen molar-refractivity contribution < 1.29 is 9.90 Å². The standard InChI is InChI=1S/C19H16N6O2/c20-13-3-1-10(2-4-13)14-7-12(8-15-17(14)24-25-18(15)21)11-5-6-22-16(9-11)23-19(26)27/h1-9H,20H2,(H,22,23)(H,26,27)(H3,21,24,25). The number of nitrogen functional groups attached to an aromatic ring is 2. The van der Waals surface area contributed by atoms with Crippen LogP contribution in [0.25, 0.3) is 33.2 Å². The molecule has 2 aromatic carbocycles. The maximum atomic E-state index is 10.9. The molecule has 2 heterocycles. The number of aromatic amines is 1. The number of amides is 1. The summed E-state index contributed by atoms with van der Waals surface area (Å²) >= 11 is 0. The zero-order chi connectivity index (χ0) is 19.0. The average Bonchev–Trinajstić information content (AvgIpc) is 3.02. The maximum Gasteiger partial charge on any atom is 0.410 e. The van der Waals surface area contributed by atoms with Crippen molar-refractivity contribution >= 4 is 34.3 Å². The first-order valence-electron chi connectivity index (χ1n) is 8.11. The molecule has 0 unspecified atom stereocenters. The van der Waals surface area contributed by atoms with Crippen LogP contribution in [0.2, 0.25) is 0 Å². The van der Waals surface area contributed by atoms with E-state index in [1.165, 1.54) is 0 Å². The van der Waals surface area contributed by atoms with E-state index >= 15 is 0 Å². The minimum Gasteiger partial charge on any atom is -0.465 e. The van der Waals surface area contributed by atoms with E-state index in [-0.39, 0.29) is 5.82 Å². The fourth-order valence-corrected chi connectivity index (χ4v) is 2.99. The molecule has 0 aliphatic carbocycles. The van der Waals surface area contributed by atoms with Gasteiger partial charge < -0.3 is 16.6 Å². The van der Waals surface area contributed by atoms with E-state index in [0.29, 0.717) is 11.5 Å². The summed E-state index contributed by atoms with van der Waals surface area (Å²) < 4.78 is 0. The lowest BCUT2D eigenvalue weighted by atomic mass is 9.96. The number of benzene rings is 2. The highest BCUT2D eigenvalue weighted by Gasteiger charge is 2.13. The Balaban J connectivity index is 1.91. The molecule has 0 bridgehead atoms. The van der Waals surface area contributed by atoms with Crippen LogP contribution in [0.5, 0.6) is 0 Å². The average molecular weight is 360 g/mol. The number of pyridine rings is 1. The summed E-state index contributed by atoms with van der Waals surface area (Å²) in [6.45, 7) is 0. The highest BCUT2D eigenvalue weighted by molar-refractivity contribution is 6.02. The predicted octanol–water partition coefficient (Wildman–Crippen LogP) is 3.55. The minimum absolute atomic E-state index is 0.245. The van der Waals surface area contributed by atoms with Crippen LogP contribution in [-0.2, 0) is 0 Å². The van der Waals surface area contributed by atoms with Gasteiger partial charge in [0.1, 0.15) is 5.82 Å². The van der Waals surface area contributed by atoms with E-state index in [0.717, 1.165) is 33.2 Å². The van der Waals surface area contributed by atoms with Crippen LogP contribution in [0.3, 0.4) is 0 Å². The van der Waals surface area contributed by atoms with Crippen molar-refractivity contribution in [2.45, 2.75) is 0 Å². The second kappa shape index (κ2) is 6.34. The topological polar surface area (TPSA) is 143 Å². The van der Waals surface area contributed by atoms with Crippen molar-refractivity contribution in [3.8, 4) is 22.3 Å². The number of fused-ring (bicyclic) bond motifs is 1. The summed E-state index contributed by atoms with van der Waals surface area (Å²) in [7, 11) is 0. The van der Waals surface area contributed by atoms with Crippen molar-refractivity contribution in [2.75, 3.05) is 16.8 Å². The smallest absolute Gasteiger partial charge is 0.410 e. The molecule has 1 amide bonds. The Kier molecular flexibility index (Phi) is 3.85. The number of carboxylic acid groups (broad SMARTS) is 1. The zero-order valence-electron chi connectivity index (χ0n) is 14.1. The minimum atomic E-state index is -1.17. The van der Waals surface area contributed by atoms with Gasteiger partial charge in [-0.1, -0.05) is 12.1 Å². The fraction of sp³-hybridized carbons (Fsp3) is 0. The van der Waals surface area contributed by atoms with Gasteiger partial charge in [0.25, 0.3) is 0 Å². The van der Waals surface area contributed by atoms with Gasteiger partial charge in [-0.25, -0.2) is 9.78 Å². The molecule has 7 N–H and O–H groups in total. The van der Waals surface area contributed by atoms with Crippen molar-refractivity contribution in [3.63, 3.8) is 0 Å². The number of hydrogen-bond donors (Lipinski definition) is 5. The van der Waals surface area contributed by atoms with Gasteiger partial charge in [-0.3, -0.25) is 10.4 Å². The van der Waals surface area contributed by atoms with Gasteiger partial charge in [0.2, 0.25) is 0 Å². The molecule has 8 heteroatoms. The van der Waals surface area contributed by atoms with Crippen molar-refractivity contribution in [1.29, 1.82) is 0 Å². The molecular weight excluding hydrogens is 344 g/mol. The van der Waals surface area contributed by atoms with Crippen LogP contribution < -0.4 is 16.8 Å². The van der Waals surface area contributed by atoms with Gasteiger partial charge in [0.05, 0.1) is 5.52 Å². The molecule has 134 valence electrons. The van der Waals surface area contributed by atoms with E-state index < -0.39 is 6.09 Å². The van der Waals surface area contributed by atoms with Crippen LogP contribution >= 0.6 is 0 Å². The van der Waals surface area contributed by atoms with Crippen LogP contribution in [0.15, 0.2) is 54.7 Å². The van der Waals surface area contributed by atoms with Crippen LogP contribution in [0, 0.1) is 0 Å². The van der Waals surface area contributed by atoms with Crippen LogP contribution in [0.4, 0.5) is 22.1 Å². The molecule has 0 atom stereocenters. The maximum absolute atomic E-state index is 10.9. The Morgan fingerprint density at radius 1 is 1.00 bits per heavy atom. The molecule has 27 heavy (non-hydrogen) atoms. The van der Waals surface area contributed by atoms with Crippen LogP contribution in [-0.4, -0.2) is 26.4 Å². The summed E-state index contributed by atoms with van der Waals surface area (Å²) in [6, 6.07) is 14.9. The second-order valence-corrected chi connectivity index (χ2v) is 6.04. The van der Waals surface area contributed by atoms with Crippen LogP contribution in [0.1, 0.15) is 0 Å². The van der Waals surface area contributed by atoms with E-state index in [1.54, 1.807) is 18.3 Å². The highest BCUT2D eigenvalue weighted by atomic mass is 16.4. The summed E-state index contributed by atoms with van der Waals surface area (Å²) in [5, 5.41) is 19.0. The molecule has 4 aromatic rings. The van der Waals surface area contributed by atoms with Crippen molar-refractivity contribution in [3.05, 3.63) is 54.7 Å². The van der Waals surface area contributed by atoms with E-state index in [4.69, 9.17) is 16.6 Å². The molecular formula is C19H16N6O2. The molecule has 4 rings (SSSR count).